The lowest BCUT2D eigenvalue weighted by atomic mass is 9.69. The fraction of sp³-hybridized carbons (Fsp3) is 0.409. The van der Waals surface area contributed by atoms with Gasteiger partial charge in [0.25, 0.3) is 0 Å². The molecule has 26 heavy (non-hydrogen) atoms. The molecule has 0 N–H and O–H groups in total. The van der Waals surface area contributed by atoms with Crippen LogP contribution in [0.15, 0.2) is 60.7 Å². The molecule has 4 heteroatoms. The van der Waals surface area contributed by atoms with Gasteiger partial charge in [-0.3, -0.25) is 4.79 Å². The lowest BCUT2D eigenvalue weighted by Gasteiger charge is -2.44. The fourth-order valence-corrected chi connectivity index (χ4v) is 3.91. The summed E-state index contributed by atoms with van der Waals surface area (Å²) in [6, 6.07) is 21.4. The number of hydrogen-bond donors (Lipinski definition) is 0. The molecule has 1 heterocycles. The van der Waals surface area contributed by atoms with Crippen molar-refractivity contribution in [2.24, 2.45) is 0 Å². The van der Waals surface area contributed by atoms with E-state index in [-0.39, 0.29) is 17.8 Å². The number of benzene rings is 2. The Morgan fingerprint density at radius 3 is 2.00 bits per heavy atom. The Hall–Kier alpha value is -1.84. The number of likely N-dealkylation sites (tertiary alicyclic amines) is 1. The van der Waals surface area contributed by atoms with E-state index in [1.807, 2.05) is 0 Å². The van der Waals surface area contributed by atoms with Gasteiger partial charge in [0, 0.05) is 24.9 Å². The van der Waals surface area contributed by atoms with Crippen molar-refractivity contribution >= 4 is 18.3 Å². The van der Waals surface area contributed by atoms with Crippen LogP contribution in [-0.2, 0) is 10.2 Å². The summed E-state index contributed by atoms with van der Waals surface area (Å²) in [5.41, 5.74) is 2.52. The van der Waals surface area contributed by atoms with Gasteiger partial charge in [0.2, 0.25) is 5.91 Å². The lowest BCUT2D eigenvalue weighted by molar-refractivity contribution is -0.135. The molecule has 0 bridgehead atoms. The third-order valence-electron chi connectivity index (χ3n) is 5.27. The molecular formula is C22H29ClN2O. The van der Waals surface area contributed by atoms with Crippen LogP contribution in [0.5, 0.6) is 0 Å². The minimum absolute atomic E-state index is 0. The highest BCUT2D eigenvalue weighted by Gasteiger charge is 2.41. The van der Waals surface area contributed by atoms with Gasteiger partial charge in [0.15, 0.2) is 0 Å². The van der Waals surface area contributed by atoms with Crippen LogP contribution in [-0.4, -0.2) is 49.4 Å². The Morgan fingerprint density at radius 2 is 1.50 bits per heavy atom. The lowest BCUT2D eigenvalue weighted by Crippen LogP contribution is -2.50. The first-order valence-electron chi connectivity index (χ1n) is 9.15. The van der Waals surface area contributed by atoms with Gasteiger partial charge in [0.1, 0.15) is 0 Å². The van der Waals surface area contributed by atoms with Crippen molar-refractivity contribution in [1.82, 2.24) is 9.80 Å². The smallest absolute Gasteiger partial charge is 0.222 e. The molecule has 0 atom stereocenters. The van der Waals surface area contributed by atoms with E-state index in [1.54, 1.807) is 0 Å². The fourth-order valence-electron chi connectivity index (χ4n) is 3.91. The summed E-state index contributed by atoms with van der Waals surface area (Å²) in [7, 11) is 4.16. The van der Waals surface area contributed by atoms with E-state index < -0.39 is 0 Å². The summed E-state index contributed by atoms with van der Waals surface area (Å²) in [4.78, 5) is 16.8. The van der Waals surface area contributed by atoms with Gasteiger partial charge < -0.3 is 9.80 Å². The van der Waals surface area contributed by atoms with Gasteiger partial charge in [-0.15, -0.1) is 12.4 Å². The molecule has 2 aromatic carbocycles. The Balaban J connectivity index is 0.00000243. The average molecular weight is 373 g/mol. The number of carbonyl (C=O) groups is 1. The highest BCUT2D eigenvalue weighted by molar-refractivity contribution is 5.85. The molecule has 0 spiro atoms. The predicted molar refractivity (Wildman–Crippen MR) is 110 cm³/mol. The van der Waals surface area contributed by atoms with E-state index in [2.05, 4.69) is 84.6 Å². The summed E-state index contributed by atoms with van der Waals surface area (Å²) in [6.07, 6.45) is 2.51. The number of carbonyl (C=O) groups excluding carboxylic acids is 1. The molecule has 0 aromatic heterocycles. The van der Waals surface area contributed by atoms with Gasteiger partial charge >= 0.3 is 0 Å². The first kappa shape index (κ1) is 20.5. The normalized spacial score (nSPS) is 16.4. The highest BCUT2D eigenvalue weighted by Crippen LogP contribution is 2.40. The second kappa shape index (κ2) is 9.20. The Kier molecular flexibility index (Phi) is 7.24. The van der Waals surface area contributed by atoms with Gasteiger partial charge in [-0.05, 0) is 44.6 Å². The zero-order valence-corrected chi connectivity index (χ0v) is 16.5. The summed E-state index contributed by atoms with van der Waals surface area (Å²) >= 11 is 0. The quantitative estimate of drug-likeness (QED) is 0.766. The Labute approximate surface area is 163 Å². The Bertz CT molecular complexity index is 648. The molecule has 140 valence electrons. The predicted octanol–water partition coefficient (Wildman–Crippen LogP) is 3.97. The van der Waals surface area contributed by atoms with Gasteiger partial charge in [-0.1, -0.05) is 60.7 Å². The minimum atomic E-state index is -0.103. The summed E-state index contributed by atoms with van der Waals surface area (Å²) in [6.45, 7) is 2.61. The van der Waals surface area contributed by atoms with Gasteiger partial charge in [0.05, 0.1) is 0 Å². The first-order valence-corrected chi connectivity index (χ1v) is 9.15. The molecule has 0 saturated carbocycles. The van der Waals surface area contributed by atoms with E-state index in [1.165, 1.54) is 11.1 Å². The van der Waals surface area contributed by atoms with Crippen LogP contribution in [0.1, 0.15) is 30.4 Å². The van der Waals surface area contributed by atoms with Gasteiger partial charge in [-0.2, -0.15) is 0 Å². The number of halogens is 1. The van der Waals surface area contributed by atoms with E-state index in [9.17, 15) is 4.79 Å². The third-order valence-corrected chi connectivity index (χ3v) is 5.27. The molecular weight excluding hydrogens is 344 g/mol. The van der Waals surface area contributed by atoms with Crippen LogP contribution in [0, 0.1) is 0 Å². The SMILES string of the molecule is CN(C)CCCN1CC(c2ccccc2)(c2ccccc2)CCC1=O.Cl. The van der Waals surface area contributed by atoms with Crippen molar-refractivity contribution in [2.75, 3.05) is 33.7 Å². The van der Waals surface area contributed by atoms with Crippen molar-refractivity contribution < 1.29 is 4.79 Å². The topological polar surface area (TPSA) is 23.6 Å². The molecule has 1 saturated heterocycles. The maximum absolute atomic E-state index is 12.5. The molecule has 1 amide bonds. The average Bonchev–Trinajstić information content (AvgIpc) is 2.65. The summed E-state index contributed by atoms with van der Waals surface area (Å²) in [5.74, 6) is 0.293. The summed E-state index contributed by atoms with van der Waals surface area (Å²) in [5, 5.41) is 0. The molecule has 0 aliphatic carbocycles. The molecule has 1 fully saturated rings. The molecule has 3 rings (SSSR count). The molecule has 2 aromatic rings. The van der Waals surface area contributed by atoms with Crippen LogP contribution in [0.25, 0.3) is 0 Å². The minimum Gasteiger partial charge on any atom is -0.341 e. The number of hydrogen-bond acceptors (Lipinski definition) is 2. The van der Waals surface area contributed by atoms with Gasteiger partial charge in [-0.25, -0.2) is 0 Å². The summed E-state index contributed by atoms with van der Waals surface area (Å²) < 4.78 is 0. The number of piperidine rings is 1. The van der Waals surface area contributed by atoms with E-state index in [0.29, 0.717) is 12.3 Å². The third kappa shape index (κ3) is 4.46. The number of amides is 1. The molecule has 3 nitrogen and oxygen atoms in total. The second-order valence-electron chi connectivity index (χ2n) is 7.29. The molecule has 0 unspecified atom stereocenters. The maximum Gasteiger partial charge on any atom is 0.222 e. The van der Waals surface area contributed by atoms with Crippen LogP contribution < -0.4 is 0 Å². The van der Waals surface area contributed by atoms with E-state index >= 15 is 0 Å². The van der Waals surface area contributed by atoms with Crippen molar-refractivity contribution in [2.45, 2.75) is 24.7 Å². The van der Waals surface area contributed by atoms with Crippen molar-refractivity contribution in [3.05, 3.63) is 71.8 Å². The molecule has 0 radical (unpaired) electrons. The van der Waals surface area contributed by atoms with Crippen LogP contribution in [0.3, 0.4) is 0 Å². The zero-order chi connectivity index (χ0) is 17.7. The number of rotatable bonds is 6. The largest absolute Gasteiger partial charge is 0.341 e. The standard InChI is InChI=1S/C22H28N2O.ClH/c1-23(2)16-9-17-24-18-22(15-14-21(24)25,19-10-5-3-6-11-19)20-12-7-4-8-13-20;/h3-8,10-13H,9,14-18H2,1-2H3;1H. The first-order chi connectivity index (χ1) is 12.1. The van der Waals surface area contributed by atoms with Crippen molar-refractivity contribution in [3.63, 3.8) is 0 Å². The van der Waals surface area contributed by atoms with Crippen molar-refractivity contribution in [1.29, 1.82) is 0 Å². The van der Waals surface area contributed by atoms with Crippen LogP contribution >= 0.6 is 12.4 Å². The maximum atomic E-state index is 12.5. The van der Waals surface area contributed by atoms with E-state index in [4.69, 9.17) is 0 Å². The number of nitrogens with zero attached hydrogens (tertiary/aromatic N) is 2. The van der Waals surface area contributed by atoms with Crippen molar-refractivity contribution in [3.8, 4) is 0 Å². The second-order valence-corrected chi connectivity index (χ2v) is 7.29. The zero-order valence-electron chi connectivity index (χ0n) is 15.7. The Morgan fingerprint density at radius 1 is 0.962 bits per heavy atom. The van der Waals surface area contributed by atoms with Crippen LogP contribution in [0.4, 0.5) is 0 Å². The van der Waals surface area contributed by atoms with Crippen LogP contribution in [0.2, 0.25) is 0 Å². The highest BCUT2D eigenvalue weighted by atomic mass is 35.5. The monoisotopic (exact) mass is 372 g/mol. The van der Waals surface area contributed by atoms with E-state index in [0.717, 1.165) is 32.5 Å². The molecule has 1 aliphatic rings. The molecule has 1 aliphatic heterocycles.